The van der Waals surface area contributed by atoms with E-state index < -0.39 is 87.6 Å². The van der Waals surface area contributed by atoms with Crippen LogP contribution in [0.15, 0.2) is 206 Å². The van der Waals surface area contributed by atoms with Gasteiger partial charge in [-0.25, -0.2) is 26.3 Å². The predicted molar refractivity (Wildman–Crippen MR) is 501 cm³/mol. The molecule has 19 nitrogen and oxygen atoms in total. The minimum atomic E-state index is -1.50. The van der Waals surface area contributed by atoms with Gasteiger partial charge in [-0.05, 0) is 137 Å². The van der Waals surface area contributed by atoms with Crippen LogP contribution in [0.3, 0.4) is 0 Å². The number of nitrogens with two attached hydrogens (primary N) is 1. The van der Waals surface area contributed by atoms with Gasteiger partial charge in [-0.2, -0.15) is 10.5 Å². The van der Waals surface area contributed by atoms with Crippen LogP contribution in [0.4, 0.5) is 26.3 Å². The normalized spacial score (nSPS) is 21.5. The summed E-state index contributed by atoms with van der Waals surface area (Å²) in [4.78, 5) is 25.3. The number of hydrogen-bond acceptors (Lipinski definition) is 18. The lowest BCUT2D eigenvalue weighted by molar-refractivity contribution is -0.189. The Kier molecular flexibility index (Phi) is 32.0. The van der Waals surface area contributed by atoms with Crippen molar-refractivity contribution in [2.24, 2.45) is 5.73 Å². The third kappa shape index (κ3) is 21.1. The molecule has 704 valence electrons. The molecule has 12 atom stereocenters. The molecule has 28 heteroatoms. The second-order valence-corrected chi connectivity index (χ2v) is 35.6. The van der Waals surface area contributed by atoms with Crippen LogP contribution in [0.1, 0.15) is 183 Å². The zero-order valence-electron chi connectivity index (χ0n) is 75.4. The van der Waals surface area contributed by atoms with Gasteiger partial charge in [0.2, 0.25) is 5.91 Å². The first kappa shape index (κ1) is 98.0. The average Bonchev–Trinajstić information content (AvgIpc) is 1.59. The van der Waals surface area contributed by atoms with Gasteiger partial charge in [0.1, 0.15) is 54.5 Å². The highest BCUT2D eigenvalue weighted by Gasteiger charge is 2.54. The van der Waals surface area contributed by atoms with Crippen LogP contribution in [-0.4, -0.2) is 102 Å². The lowest BCUT2D eigenvalue weighted by Crippen LogP contribution is -2.44. The molecule has 4 N–H and O–H groups in total. The standard InChI is InChI=1S/C38H39ClF2N2O5.C38H37ClF2N2O4.C31H28ClF2NO5/c1-23(47-31-15-9-10-18-45-31)21-46-29-17-16-27(37(42)44)33(36(29)41)34-32-24(2)38(26-13-7-4-8-14-26,48-30(32)19-28(40)35(34)39)22-43-20-25-11-5-3-6-12-25;1-24(46-32-15-9-10-18-44-32)22-45-30-17-16-27(20-42)34(37(30)41)35-33-25(2)38(28-13-7-4-8-14-28,47-31(33)19-29(40)36(35)39)23-43-21-26-11-5-3-6-12-26;1-18(39-25-10-6-7-13-37-25)16-38-23-12-11-20(15-35)27(30(23)34)28-26-19(2)31(17-36,21-8-4-3-5-9-21)40-24(26)14-22(33)29(28)32/h3-8,11-14,16-17,19,23-24,31,43H,9-10,15,18,20-22H2,1-2H3,(H2,42,44);3-8,11-14,16-17,19,24-25,32,43H,9-10,15,18,21-23H2,1-2H3;3-5,8-9,11-12,14,17-19,25H,6-7,10,13,16H2,1-2H3/t23-,24-,31?,38-;24-,25-,32?,38-;18-,19-,25?,31-/m000/s1. The molecule has 1 amide bonds. The molecule has 6 heterocycles. The van der Waals surface area contributed by atoms with Crippen molar-refractivity contribution in [1.29, 1.82) is 10.5 Å². The Morgan fingerprint density at radius 2 is 0.770 bits per heavy atom. The molecule has 3 unspecified atom stereocenters. The number of amides is 1. The van der Waals surface area contributed by atoms with Crippen molar-refractivity contribution < 1.29 is 92.8 Å². The Bertz CT molecular complexity index is 6120. The molecule has 3 saturated heterocycles. The number of primary amides is 1. The maximum absolute atomic E-state index is 16.7. The van der Waals surface area contributed by atoms with Crippen molar-refractivity contribution in [2.75, 3.05) is 52.7 Å². The molecule has 0 aromatic heterocycles. The molecule has 3 fully saturated rings. The number of halogens is 9. The number of nitriles is 2. The monoisotopic (exact) mass is 1900 g/mol. The molecule has 11 aromatic rings. The Morgan fingerprint density at radius 1 is 0.444 bits per heavy atom. The number of nitrogens with zero attached hydrogens (tertiary/aromatic N) is 2. The summed E-state index contributed by atoms with van der Waals surface area (Å²) in [5.41, 5.74) is 7.13. The first-order chi connectivity index (χ1) is 65.3. The second-order valence-electron chi connectivity index (χ2n) is 34.5. The zero-order chi connectivity index (χ0) is 95.2. The quantitative estimate of drug-likeness (QED) is 0.0270. The van der Waals surface area contributed by atoms with Crippen molar-refractivity contribution in [3.63, 3.8) is 0 Å². The highest BCUT2D eigenvalue weighted by molar-refractivity contribution is 6.35. The summed E-state index contributed by atoms with van der Waals surface area (Å²) < 4.78 is 168. The minimum Gasteiger partial charge on any atom is -0.488 e. The Hall–Kier alpha value is -11.5. The maximum atomic E-state index is 16.7. The molecule has 0 spiro atoms. The summed E-state index contributed by atoms with van der Waals surface area (Å²) in [5, 5.41) is 26.0. The maximum Gasteiger partial charge on any atom is 0.249 e. The molecule has 0 bridgehead atoms. The Morgan fingerprint density at radius 3 is 1.11 bits per heavy atom. The van der Waals surface area contributed by atoms with Crippen LogP contribution in [-0.2, 0) is 63.1 Å². The summed E-state index contributed by atoms with van der Waals surface area (Å²) in [5.74, 6) is -7.52. The molecular weight excluding hydrogens is 1800 g/mol. The summed E-state index contributed by atoms with van der Waals surface area (Å²) in [6.45, 7) is 14.8. The van der Waals surface area contributed by atoms with Crippen molar-refractivity contribution in [2.45, 2.75) is 184 Å². The lowest BCUT2D eigenvalue weighted by atomic mass is 9.77. The van der Waals surface area contributed by atoms with Crippen molar-refractivity contribution in [3.05, 3.63) is 317 Å². The number of fused-ring (bicyclic) bond motifs is 3. The minimum absolute atomic E-state index is 0.00307. The van der Waals surface area contributed by atoms with E-state index in [4.69, 9.17) is 97.4 Å². The smallest absolute Gasteiger partial charge is 0.249 e. The SMILES string of the molecule is C[C@@H](COc1ccc(C#N)c(-c2c(Cl)c(F)cc3c2[C@H](C)[C@@](C=O)(c2ccccc2)O3)c1F)OC1CCCCO1.C[C@@H](COc1ccc(C#N)c(-c2c(Cl)c(F)cc3c2[C@H](C)[C@@](CNCc2ccccc2)(c2ccccc2)O3)c1F)OC1CCCCO1.C[C@@H](COc1ccc(C(N)=O)c(-c2c(Cl)c(F)cc3c2[C@H](C)[C@@](CNCc2ccccc2)(c2ccccc2)O3)c1F)OC1CCCCO1. The van der Waals surface area contributed by atoms with Gasteiger partial charge in [-0.15, -0.1) is 0 Å². The zero-order valence-corrected chi connectivity index (χ0v) is 77.7. The van der Waals surface area contributed by atoms with E-state index in [-0.39, 0.29) is 144 Å². The average molecular weight is 1900 g/mol. The first-order valence-electron chi connectivity index (χ1n) is 45.3. The third-order valence-corrected chi connectivity index (χ3v) is 26.6. The van der Waals surface area contributed by atoms with Crippen molar-refractivity contribution >= 4 is 47.0 Å². The van der Waals surface area contributed by atoms with Gasteiger partial charge in [-0.3, -0.25) is 9.59 Å². The van der Waals surface area contributed by atoms with E-state index in [2.05, 4.69) is 16.7 Å². The Labute approximate surface area is 796 Å². The van der Waals surface area contributed by atoms with Gasteiger partial charge in [0.25, 0.3) is 0 Å². The molecule has 0 radical (unpaired) electrons. The molecule has 17 rings (SSSR count). The number of rotatable bonds is 31. The highest BCUT2D eigenvalue weighted by Crippen LogP contribution is 2.61. The van der Waals surface area contributed by atoms with E-state index in [9.17, 15) is 20.1 Å². The molecule has 0 saturated carbocycles. The predicted octanol–water partition coefficient (Wildman–Crippen LogP) is 23.6. The van der Waals surface area contributed by atoms with Gasteiger partial charge in [0.05, 0.1) is 62.2 Å². The first-order valence-corrected chi connectivity index (χ1v) is 46.5. The van der Waals surface area contributed by atoms with E-state index in [1.54, 1.807) is 51.1 Å². The lowest BCUT2D eigenvalue weighted by Gasteiger charge is -2.34. The topological polar surface area (TPSA) is 243 Å². The fraction of sp³-hybridized carbons (Fsp3) is 0.346. The van der Waals surface area contributed by atoms with E-state index in [1.165, 1.54) is 48.5 Å². The van der Waals surface area contributed by atoms with Crippen molar-refractivity contribution in [3.8, 4) is 80.0 Å². The van der Waals surface area contributed by atoms with Crippen LogP contribution in [0, 0.1) is 57.6 Å². The number of carbonyl (C=O) groups is 2. The van der Waals surface area contributed by atoms with Crippen LogP contribution >= 0.6 is 34.8 Å². The van der Waals surface area contributed by atoms with Gasteiger partial charge in [-0.1, -0.05) is 207 Å². The van der Waals surface area contributed by atoms with E-state index in [0.717, 1.165) is 86.1 Å². The van der Waals surface area contributed by atoms with Crippen LogP contribution in [0.2, 0.25) is 15.1 Å². The van der Waals surface area contributed by atoms with Crippen LogP contribution in [0.5, 0.6) is 34.5 Å². The number of aldehydes is 1. The fourth-order valence-electron chi connectivity index (χ4n) is 18.6. The molecule has 11 aromatic carbocycles. The largest absolute Gasteiger partial charge is 0.488 e. The van der Waals surface area contributed by atoms with Crippen molar-refractivity contribution in [1.82, 2.24) is 10.6 Å². The summed E-state index contributed by atoms with van der Waals surface area (Å²) >= 11 is 19.9. The molecule has 6 aliphatic rings. The summed E-state index contributed by atoms with van der Waals surface area (Å²) in [6, 6.07) is 63.8. The van der Waals surface area contributed by atoms with Gasteiger partial charge in [0, 0.05) is 138 Å². The summed E-state index contributed by atoms with van der Waals surface area (Å²) in [6.07, 6.45) is 6.73. The number of hydrogen-bond donors (Lipinski definition) is 3. The second kappa shape index (κ2) is 44.1. The van der Waals surface area contributed by atoms with E-state index in [1.807, 2.05) is 148 Å². The summed E-state index contributed by atoms with van der Waals surface area (Å²) in [7, 11) is 0. The van der Waals surface area contributed by atoms with Gasteiger partial charge < -0.3 is 73.2 Å². The Balaban J connectivity index is 0.000000155. The van der Waals surface area contributed by atoms with Gasteiger partial charge >= 0.3 is 0 Å². The molecule has 6 aliphatic heterocycles. The van der Waals surface area contributed by atoms with E-state index >= 15 is 26.3 Å². The number of ether oxygens (including phenoxy) is 12. The van der Waals surface area contributed by atoms with Crippen LogP contribution < -0.4 is 44.8 Å². The van der Waals surface area contributed by atoms with Crippen LogP contribution in [0.25, 0.3) is 33.4 Å². The number of nitrogens with one attached hydrogen (secondary N) is 2. The number of benzene rings is 11. The fourth-order valence-corrected chi connectivity index (χ4v) is 19.3. The van der Waals surface area contributed by atoms with E-state index in [0.29, 0.717) is 74.5 Å². The third-order valence-electron chi connectivity index (χ3n) is 25.5. The highest BCUT2D eigenvalue weighted by atomic mass is 35.5. The molecular formula is C107H104Cl3F6N5O14. The molecule has 0 aliphatic carbocycles. The van der Waals surface area contributed by atoms with Gasteiger partial charge in [0.15, 0.2) is 76.7 Å². The molecule has 135 heavy (non-hydrogen) atoms. The number of carbonyl (C=O) groups excluding carboxylic acids is 2.